The molecular formula is C4H15N3. The third-order valence-electron chi connectivity index (χ3n) is 0.957. The molecule has 3 heteroatoms. The number of nitrogens with one attached hydrogen (secondary N) is 1. The minimum absolute atomic E-state index is 0. The van der Waals surface area contributed by atoms with Gasteiger partial charge in [-0.2, -0.15) is 0 Å². The first kappa shape index (κ1) is 9.99. The van der Waals surface area contributed by atoms with Crippen molar-refractivity contribution in [3.8, 4) is 0 Å². The molecule has 0 saturated carbocycles. The van der Waals surface area contributed by atoms with E-state index in [1.165, 1.54) is 25.9 Å². The molecule has 0 atom stereocenters. The van der Waals surface area contributed by atoms with Gasteiger partial charge in [0.1, 0.15) is 0 Å². The first-order valence-corrected chi connectivity index (χ1v) is 2.21. The summed E-state index contributed by atoms with van der Waals surface area (Å²) < 4.78 is 0. The average Bonchev–Trinajstić information content (AvgIpc) is 1.76. The van der Waals surface area contributed by atoms with Gasteiger partial charge in [-0.1, -0.05) is 0 Å². The fourth-order valence-corrected chi connectivity index (χ4v) is 0.625. The van der Waals surface area contributed by atoms with E-state index in [0.29, 0.717) is 0 Å². The van der Waals surface area contributed by atoms with Gasteiger partial charge in [0.15, 0.2) is 0 Å². The summed E-state index contributed by atoms with van der Waals surface area (Å²) in [4.78, 5) is 0. The fraction of sp³-hybridized carbons (Fsp3) is 1.00. The van der Waals surface area contributed by atoms with Crippen LogP contribution in [-0.4, -0.2) is 13.1 Å². The van der Waals surface area contributed by atoms with Crippen molar-refractivity contribution in [1.29, 1.82) is 0 Å². The van der Waals surface area contributed by atoms with Crippen LogP contribution in [0, 0.1) is 0 Å². The van der Waals surface area contributed by atoms with E-state index in [1.807, 2.05) is 0 Å². The van der Waals surface area contributed by atoms with E-state index in [2.05, 4.69) is 5.32 Å². The molecular weight excluding hydrogens is 90.1 g/mol. The highest BCUT2D eigenvalue weighted by molar-refractivity contribution is 4.55. The Morgan fingerprint density at radius 1 is 0.857 bits per heavy atom. The molecule has 0 amide bonds. The second-order valence-corrected chi connectivity index (χ2v) is 1.46. The van der Waals surface area contributed by atoms with Gasteiger partial charge in [-0.15, -0.1) is 0 Å². The molecule has 0 bridgehead atoms. The van der Waals surface area contributed by atoms with Gasteiger partial charge >= 0.3 is 0 Å². The summed E-state index contributed by atoms with van der Waals surface area (Å²) in [6.45, 7) is 2.50. The van der Waals surface area contributed by atoms with Gasteiger partial charge in [0, 0.05) is 0 Å². The number of hydrogen-bond acceptors (Lipinski definition) is 3. The van der Waals surface area contributed by atoms with Crippen LogP contribution in [0.2, 0.25) is 0 Å². The summed E-state index contributed by atoms with van der Waals surface area (Å²) >= 11 is 0. The smallest absolute Gasteiger partial charge is 0.00484 e. The van der Waals surface area contributed by atoms with E-state index in [1.54, 1.807) is 0 Å². The minimum Gasteiger partial charge on any atom is -0.344 e. The molecule has 1 fully saturated rings. The zero-order valence-corrected chi connectivity index (χ0v) is 4.74. The lowest BCUT2D eigenvalue weighted by molar-refractivity contribution is 0.857. The molecule has 0 aliphatic carbocycles. The Morgan fingerprint density at radius 3 is 1.43 bits per heavy atom. The monoisotopic (exact) mass is 105 g/mol. The van der Waals surface area contributed by atoms with Gasteiger partial charge in [0.2, 0.25) is 0 Å². The Morgan fingerprint density at radius 2 is 1.29 bits per heavy atom. The summed E-state index contributed by atoms with van der Waals surface area (Å²) in [5.41, 5.74) is 0. The molecule has 0 spiro atoms. The van der Waals surface area contributed by atoms with Gasteiger partial charge in [-0.3, -0.25) is 0 Å². The van der Waals surface area contributed by atoms with Crippen LogP contribution in [0.15, 0.2) is 0 Å². The van der Waals surface area contributed by atoms with Crippen LogP contribution in [0.5, 0.6) is 0 Å². The molecule has 0 unspecified atom stereocenters. The Hall–Kier alpha value is -0.120. The van der Waals surface area contributed by atoms with Crippen LogP contribution in [0.25, 0.3) is 0 Å². The van der Waals surface area contributed by atoms with Crippen LogP contribution in [0.1, 0.15) is 12.8 Å². The molecule has 1 saturated heterocycles. The van der Waals surface area contributed by atoms with Crippen LogP contribution < -0.4 is 17.6 Å². The Balaban J connectivity index is 0. The standard InChI is InChI=1S/C4H9N.2H3N/c1-2-4-5-3-1;;/h5H,1-4H2;2*1H3. The maximum Gasteiger partial charge on any atom is -0.00484 e. The van der Waals surface area contributed by atoms with Crippen molar-refractivity contribution in [3.05, 3.63) is 0 Å². The highest BCUT2D eigenvalue weighted by Gasteiger charge is 1.93. The molecule has 1 aliphatic rings. The highest BCUT2D eigenvalue weighted by Crippen LogP contribution is 1.90. The van der Waals surface area contributed by atoms with Crippen LogP contribution in [0.3, 0.4) is 0 Å². The zero-order chi connectivity index (χ0) is 3.54. The fourth-order valence-electron chi connectivity index (χ4n) is 0.625. The second kappa shape index (κ2) is 5.88. The third kappa shape index (κ3) is 3.72. The molecule has 7 heavy (non-hydrogen) atoms. The molecule has 1 heterocycles. The molecule has 0 aromatic heterocycles. The highest BCUT2D eigenvalue weighted by atomic mass is 14.9. The van der Waals surface area contributed by atoms with Crippen LogP contribution in [-0.2, 0) is 0 Å². The third-order valence-corrected chi connectivity index (χ3v) is 0.957. The van der Waals surface area contributed by atoms with Crippen molar-refractivity contribution in [3.63, 3.8) is 0 Å². The summed E-state index contributed by atoms with van der Waals surface area (Å²) in [7, 11) is 0. The van der Waals surface area contributed by atoms with Crippen LogP contribution >= 0.6 is 0 Å². The van der Waals surface area contributed by atoms with Crippen molar-refractivity contribution in [2.75, 3.05) is 13.1 Å². The Bertz CT molecular complexity index is 18.5. The number of rotatable bonds is 0. The zero-order valence-electron chi connectivity index (χ0n) is 4.74. The SMILES string of the molecule is C1CCNC1.N.N. The molecule has 1 rings (SSSR count). The quantitative estimate of drug-likeness (QED) is 0.424. The lowest BCUT2D eigenvalue weighted by atomic mass is 10.4. The van der Waals surface area contributed by atoms with E-state index in [4.69, 9.17) is 0 Å². The van der Waals surface area contributed by atoms with Crippen molar-refractivity contribution in [1.82, 2.24) is 17.6 Å². The molecule has 0 aromatic rings. The van der Waals surface area contributed by atoms with Crippen molar-refractivity contribution < 1.29 is 0 Å². The van der Waals surface area contributed by atoms with Gasteiger partial charge in [-0.25, -0.2) is 0 Å². The Kier molecular flexibility index (Phi) is 8.39. The lowest BCUT2D eigenvalue weighted by Gasteiger charge is -1.76. The Labute approximate surface area is 44.6 Å². The first-order valence-electron chi connectivity index (χ1n) is 2.21. The van der Waals surface area contributed by atoms with Crippen molar-refractivity contribution in [2.24, 2.45) is 0 Å². The summed E-state index contributed by atoms with van der Waals surface area (Å²) in [5.74, 6) is 0. The minimum atomic E-state index is 0. The first-order chi connectivity index (χ1) is 2.50. The summed E-state index contributed by atoms with van der Waals surface area (Å²) in [6, 6.07) is 0. The van der Waals surface area contributed by atoms with E-state index in [9.17, 15) is 0 Å². The molecule has 0 radical (unpaired) electrons. The van der Waals surface area contributed by atoms with Gasteiger partial charge in [0.05, 0.1) is 0 Å². The summed E-state index contributed by atoms with van der Waals surface area (Å²) in [5, 5.41) is 3.22. The topological polar surface area (TPSA) is 82.0 Å². The van der Waals surface area contributed by atoms with Gasteiger partial charge < -0.3 is 17.6 Å². The van der Waals surface area contributed by atoms with Crippen molar-refractivity contribution in [2.45, 2.75) is 12.8 Å². The predicted molar refractivity (Wildman–Crippen MR) is 32.1 cm³/mol. The summed E-state index contributed by atoms with van der Waals surface area (Å²) in [6.07, 6.45) is 2.78. The average molecular weight is 105 g/mol. The molecule has 1 aliphatic heterocycles. The normalized spacial score (nSPS) is 17.1. The predicted octanol–water partition coefficient (Wildman–Crippen LogP) is 0.694. The van der Waals surface area contributed by atoms with Gasteiger partial charge in [0.25, 0.3) is 0 Å². The molecule has 3 nitrogen and oxygen atoms in total. The van der Waals surface area contributed by atoms with E-state index in [0.717, 1.165) is 0 Å². The molecule has 46 valence electrons. The van der Waals surface area contributed by atoms with Gasteiger partial charge in [-0.05, 0) is 25.9 Å². The largest absolute Gasteiger partial charge is 0.344 e. The molecule has 0 aromatic carbocycles. The lowest BCUT2D eigenvalue weighted by Crippen LogP contribution is -2.03. The van der Waals surface area contributed by atoms with E-state index in [-0.39, 0.29) is 12.3 Å². The maximum absolute atomic E-state index is 3.22. The van der Waals surface area contributed by atoms with E-state index < -0.39 is 0 Å². The maximum atomic E-state index is 3.22. The molecule has 7 N–H and O–H groups in total. The van der Waals surface area contributed by atoms with Crippen LogP contribution in [0.4, 0.5) is 0 Å². The van der Waals surface area contributed by atoms with Crippen molar-refractivity contribution >= 4 is 0 Å². The number of hydrogen-bond donors (Lipinski definition) is 3. The second-order valence-electron chi connectivity index (χ2n) is 1.46. The van der Waals surface area contributed by atoms with E-state index >= 15 is 0 Å².